The number of benzene rings is 1. The van der Waals surface area contributed by atoms with Crippen molar-refractivity contribution in [3.8, 4) is 0 Å². The average Bonchev–Trinajstić information content (AvgIpc) is 2.75. The number of anilines is 3. The number of carbonyl (C=O) groups excluding carboxylic acids is 1. The van der Waals surface area contributed by atoms with Crippen molar-refractivity contribution in [2.75, 3.05) is 41.3 Å². The van der Waals surface area contributed by atoms with E-state index in [-0.39, 0.29) is 5.91 Å². The zero-order valence-electron chi connectivity index (χ0n) is 16.7. The van der Waals surface area contributed by atoms with Crippen LogP contribution in [0.2, 0.25) is 0 Å². The Morgan fingerprint density at radius 3 is 2.18 bits per heavy atom. The van der Waals surface area contributed by atoms with E-state index in [1.807, 2.05) is 30.5 Å². The van der Waals surface area contributed by atoms with Gasteiger partial charge in [-0.15, -0.1) is 0 Å². The summed E-state index contributed by atoms with van der Waals surface area (Å²) in [6.07, 6.45) is 8.11. The maximum absolute atomic E-state index is 12.5. The van der Waals surface area contributed by atoms with E-state index in [1.165, 1.54) is 37.8 Å². The van der Waals surface area contributed by atoms with E-state index in [2.05, 4.69) is 39.2 Å². The molecule has 0 atom stereocenters. The third kappa shape index (κ3) is 4.46. The lowest BCUT2D eigenvalue weighted by Gasteiger charge is -2.31. The fraction of sp³-hybridized carbons (Fsp3) is 0.478. The molecule has 0 bridgehead atoms. The van der Waals surface area contributed by atoms with Crippen LogP contribution in [-0.2, 0) is 0 Å². The SMILES string of the molecule is CC1CCN(c2ccc(C(=O)Nc3ccc(N4CCCCC4)cc3)nc2)CC1. The van der Waals surface area contributed by atoms with Crippen molar-refractivity contribution in [1.29, 1.82) is 0 Å². The van der Waals surface area contributed by atoms with Crippen LogP contribution in [0.15, 0.2) is 42.6 Å². The summed E-state index contributed by atoms with van der Waals surface area (Å²) in [7, 11) is 0. The quantitative estimate of drug-likeness (QED) is 0.847. The molecular weight excluding hydrogens is 348 g/mol. The second-order valence-corrected chi connectivity index (χ2v) is 8.12. The van der Waals surface area contributed by atoms with Crippen molar-refractivity contribution in [2.24, 2.45) is 5.92 Å². The number of pyridine rings is 1. The molecule has 0 spiro atoms. The summed E-state index contributed by atoms with van der Waals surface area (Å²) in [6, 6.07) is 12.0. The molecule has 0 radical (unpaired) electrons. The summed E-state index contributed by atoms with van der Waals surface area (Å²) in [6.45, 7) is 6.69. The first-order valence-electron chi connectivity index (χ1n) is 10.6. The van der Waals surface area contributed by atoms with Crippen LogP contribution < -0.4 is 15.1 Å². The van der Waals surface area contributed by atoms with Gasteiger partial charge in [-0.1, -0.05) is 6.92 Å². The molecule has 2 fully saturated rings. The van der Waals surface area contributed by atoms with E-state index in [0.717, 1.165) is 43.5 Å². The fourth-order valence-corrected chi connectivity index (χ4v) is 4.08. The highest BCUT2D eigenvalue weighted by molar-refractivity contribution is 6.03. The molecule has 3 heterocycles. The van der Waals surface area contributed by atoms with Crippen molar-refractivity contribution in [3.05, 3.63) is 48.3 Å². The maximum Gasteiger partial charge on any atom is 0.274 e. The van der Waals surface area contributed by atoms with Crippen LogP contribution in [0.1, 0.15) is 49.5 Å². The van der Waals surface area contributed by atoms with Gasteiger partial charge in [0.15, 0.2) is 0 Å². The molecule has 0 saturated carbocycles. The fourth-order valence-electron chi connectivity index (χ4n) is 4.08. The predicted octanol–water partition coefficient (Wildman–Crippen LogP) is 4.56. The largest absolute Gasteiger partial charge is 0.372 e. The Morgan fingerprint density at radius 2 is 1.54 bits per heavy atom. The summed E-state index contributed by atoms with van der Waals surface area (Å²) in [4.78, 5) is 21.7. The third-order valence-corrected chi connectivity index (χ3v) is 5.98. The molecule has 148 valence electrons. The van der Waals surface area contributed by atoms with Crippen LogP contribution in [-0.4, -0.2) is 37.1 Å². The van der Waals surface area contributed by atoms with Crippen LogP contribution in [0, 0.1) is 5.92 Å². The molecule has 2 aliphatic rings. The zero-order valence-corrected chi connectivity index (χ0v) is 16.7. The van der Waals surface area contributed by atoms with Crippen LogP contribution in [0.5, 0.6) is 0 Å². The van der Waals surface area contributed by atoms with E-state index in [4.69, 9.17) is 0 Å². The molecule has 2 saturated heterocycles. The second kappa shape index (κ2) is 8.63. The Morgan fingerprint density at radius 1 is 0.893 bits per heavy atom. The summed E-state index contributed by atoms with van der Waals surface area (Å²) < 4.78 is 0. The predicted molar refractivity (Wildman–Crippen MR) is 115 cm³/mol. The van der Waals surface area contributed by atoms with E-state index in [0.29, 0.717) is 5.69 Å². The van der Waals surface area contributed by atoms with Gasteiger partial charge in [-0.05, 0) is 74.4 Å². The minimum atomic E-state index is -0.162. The van der Waals surface area contributed by atoms with Crippen LogP contribution in [0.25, 0.3) is 0 Å². The number of amides is 1. The molecule has 2 aromatic rings. The monoisotopic (exact) mass is 378 g/mol. The molecule has 1 aromatic heterocycles. The highest BCUT2D eigenvalue weighted by Crippen LogP contribution is 2.24. The lowest BCUT2D eigenvalue weighted by molar-refractivity contribution is 0.102. The van der Waals surface area contributed by atoms with Gasteiger partial charge < -0.3 is 15.1 Å². The average molecular weight is 379 g/mol. The Hall–Kier alpha value is -2.56. The number of rotatable bonds is 4. The van der Waals surface area contributed by atoms with Crippen molar-refractivity contribution < 1.29 is 4.79 Å². The van der Waals surface area contributed by atoms with E-state index in [9.17, 15) is 4.79 Å². The molecule has 5 nitrogen and oxygen atoms in total. The summed E-state index contributed by atoms with van der Waals surface area (Å²) in [5, 5.41) is 2.96. The third-order valence-electron chi connectivity index (χ3n) is 5.98. The number of piperidine rings is 2. The van der Waals surface area contributed by atoms with Crippen LogP contribution >= 0.6 is 0 Å². The summed E-state index contributed by atoms with van der Waals surface area (Å²) in [5.41, 5.74) is 3.60. The standard InChI is InChI=1S/C23H30N4O/c1-18-11-15-27(16-12-18)21-9-10-22(24-17-21)23(28)25-19-5-7-20(8-6-19)26-13-3-2-4-14-26/h5-10,17-18H,2-4,11-16H2,1H3,(H,25,28). The molecule has 1 aromatic carbocycles. The van der Waals surface area contributed by atoms with Crippen molar-refractivity contribution in [3.63, 3.8) is 0 Å². The highest BCUT2D eigenvalue weighted by Gasteiger charge is 2.17. The maximum atomic E-state index is 12.5. The van der Waals surface area contributed by atoms with Gasteiger partial charge in [-0.25, -0.2) is 4.98 Å². The van der Waals surface area contributed by atoms with Gasteiger partial charge in [0, 0.05) is 37.6 Å². The lowest BCUT2D eigenvalue weighted by Crippen LogP contribution is -2.32. The van der Waals surface area contributed by atoms with Gasteiger partial charge >= 0.3 is 0 Å². The minimum Gasteiger partial charge on any atom is -0.372 e. The Bertz CT molecular complexity index is 773. The first-order chi connectivity index (χ1) is 13.7. The van der Waals surface area contributed by atoms with Crippen molar-refractivity contribution >= 4 is 23.0 Å². The smallest absolute Gasteiger partial charge is 0.274 e. The molecule has 28 heavy (non-hydrogen) atoms. The Kier molecular flexibility index (Phi) is 5.79. The second-order valence-electron chi connectivity index (χ2n) is 8.12. The number of nitrogens with one attached hydrogen (secondary N) is 1. The van der Waals surface area contributed by atoms with Gasteiger partial charge in [-0.3, -0.25) is 4.79 Å². The van der Waals surface area contributed by atoms with Gasteiger partial charge in [0.05, 0.1) is 11.9 Å². The molecule has 0 aliphatic carbocycles. The Balaban J connectivity index is 1.35. The van der Waals surface area contributed by atoms with Gasteiger partial charge in [0.1, 0.15) is 5.69 Å². The van der Waals surface area contributed by atoms with E-state index < -0.39 is 0 Å². The molecule has 5 heteroatoms. The molecule has 1 N–H and O–H groups in total. The number of aromatic nitrogens is 1. The lowest BCUT2D eigenvalue weighted by atomic mass is 9.99. The molecule has 4 rings (SSSR count). The minimum absolute atomic E-state index is 0.162. The van der Waals surface area contributed by atoms with Gasteiger partial charge in [-0.2, -0.15) is 0 Å². The van der Waals surface area contributed by atoms with E-state index in [1.54, 1.807) is 0 Å². The van der Waals surface area contributed by atoms with Crippen LogP contribution in [0.4, 0.5) is 17.1 Å². The highest BCUT2D eigenvalue weighted by atomic mass is 16.1. The molecular formula is C23H30N4O. The summed E-state index contributed by atoms with van der Waals surface area (Å²) >= 11 is 0. The number of hydrogen-bond acceptors (Lipinski definition) is 4. The Labute approximate surface area is 167 Å². The van der Waals surface area contributed by atoms with Crippen molar-refractivity contribution in [1.82, 2.24) is 4.98 Å². The van der Waals surface area contributed by atoms with Crippen LogP contribution in [0.3, 0.4) is 0 Å². The molecule has 1 amide bonds. The number of hydrogen-bond donors (Lipinski definition) is 1. The summed E-state index contributed by atoms with van der Waals surface area (Å²) in [5.74, 6) is 0.639. The zero-order chi connectivity index (χ0) is 19.3. The normalized spacial score (nSPS) is 18.2. The van der Waals surface area contributed by atoms with E-state index >= 15 is 0 Å². The molecule has 0 unspecified atom stereocenters. The topological polar surface area (TPSA) is 48.5 Å². The van der Waals surface area contributed by atoms with Crippen molar-refractivity contribution in [2.45, 2.75) is 39.0 Å². The first kappa shape index (κ1) is 18.8. The molecule has 2 aliphatic heterocycles. The van der Waals surface area contributed by atoms with Gasteiger partial charge in [0.2, 0.25) is 0 Å². The first-order valence-corrected chi connectivity index (χ1v) is 10.6. The number of nitrogens with zero attached hydrogens (tertiary/aromatic N) is 3. The number of carbonyl (C=O) groups is 1. The van der Waals surface area contributed by atoms with Gasteiger partial charge in [0.25, 0.3) is 5.91 Å².